The molecule has 0 spiro atoms. The van der Waals surface area contributed by atoms with Crippen LogP contribution in [0.2, 0.25) is 0 Å². The Bertz CT molecular complexity index is 249. The van der Waals surface area contributed by atoms with Gasteiger partial charge in [-0.15, -0.1) is 0 Å². The Morgan fingerprint density at radius 1 is 1.35 bits per heavy atom. The molecule has 2 heteroatoms. The van der Waals surface area contributed by atoms with Crippen molar-refractivity contribution in [1.82, 2.24) is 10.2 Å². The van der Waals surface area contributed by atoms with E-state index in [0.29, 0.717) is 11.6 Å². The molecule has 0 aromatic rings. The van der Waals surface area contributed by atoms with E-state index in [1.807, 2.05) is 0 Å². The fourth-order valence-electron chi connectivity index (χ4n) is 3.13. The van der Waals surface area contributed by atoms with Crippen LogP contribution in [0.25, 0.3) is 0 Å². The van der Waals surface area contributed by atoms with Crippen LogP contribution < -0.4 is 5.32 Å². The van der Waals surface area contributed by atoms with E-state index in [1.165, 1.54) is 38.6 Å². The second kappa shape index (κ2) is 5.27. The molecule has 1 aliphatic carbocycles. The summed E-state index contributed by atoms with van der Waals surface area (Å²) in [5.41, 5.74) is 0.337. The lowest BCUT2D eigenvalue weighted by molar-refractivity contribution is 0.0461. The third kappa shape index (κ3) is 3.23. The molecule has 0 bridgehead atoms. The first-order chi connectivity index (χ1) is 8.08. The lowest BCUT2D eigenvalue weighted by atomic mass is 9.91. The summed E-state index contributed by atoms with van der Waals surface area (Å²) in [7, 11) is 0. The van der Waals surface area contributed by atoms with Gasteiger partial charge in [0.2, 0.25) is 0 Å². The van der Waals surface area contributed by atoms with Crippen LogP contribution in [-0.2, 0) is 0 Å². The van der Waals surface area contributed by atoms with Gasteiger partial charge in [0.1, 0.15) is 0 Å². The Labute approximate surface area is 107 Å². The van der Waals surface area contributed by atoms with Gasteiger partial charge in [-0.3, -0.25) is 4.90 Å². The summed E-state index contributed by atoms with van der Waals surface area (Å²) in [6.45, 7) is 11.8. The van der Waals surface area contributed by atoms with Crippen LogP contribution in [-0.4, -0.2) is 35.6 Å². The molecule has 1 heterocycles. The third-order valence-corrected chi connectivity index (χ3v) is 4.94. The molecule has 1 saturated heterocycles. The predicted octanol–water partition coefficient (Wildman–Crippen LogP) is 3.03. The molecular formula is C15H30N2. The van der Waals surface area contributed by atoms with Crippen molar-refractivity contribution in [2.45, 2.75) is 77.4 Å². The third-order valence-electron chi connectivity index (χ3n) is 4.94. The van der Waals surface area contributed by atoms with Crippen molar-refractivity contribution in [3.05, 3.63) is 0 Å². The molecule has 1 aliphatic heterocycles. The minimum Gasteiger partial charge on any atom is -0.309 e. The van der Waals surface area contributed by atoms with Crippen LogP contribution in [0.1, 0.15) is 59.8 Å². The minimum absolute atomic E-state index is 0.337. The normalized spacial score (nSPS) is 37.1. The second-order valence-corrected chi connectivity index (χ2v) is 6.56. The minimum atomic E-state index is 0.337. The summed E-state index contributed by atoms with van der Waals surface area (Å²) in [6.07, 6.45) is 6.97. The van der Waals surface area contributed by atoms with E-state index >= 15 is 0 Å². The first kappa shape index (κ1) is 13.4. The smallest absolute Gasteiger partial charge is 0.0278 e. The molecule has 0 amide bonds. The van der Waals surface area contributed by atoms with Crippen LogP contribution in [0.5, 0.6) is 0 Å². The van der Waals surface area contributed by atoms with E-state index in [0.717, 1.165) is 18.5 Å². The Hall–Kier alpha value is -0.0800. The van der Waals surface area contributed by atoms with Gasteiger partial charge < -0.3 is 5.32 Å². The van der Waals surface area contributed by atoms with E-state index in [4.69, 9.17) is 0 Å². The summed E-state index contributed by atoms with van der Waals surface area (Å²) in [4.78, 5) is 2.79. The number of hydrogen-bond donors (Lipinski definition) is 1. The summed E-state index contributed by atoms with van der Waals surface area (Å²) >= 11 is 0. The predicted molar refractivity (Wildman–Crippen MR) is 74.3 cm³/mol. The second-order valence-electron chi connectivity index (χ2n) is 6.56. The maximum Gasteiger partial charge on any atom is 0.0278 e. The average molecular weight is 238 g/mol. The molecule has 2 rings (SSSR count). The van der Waals surface area contributed by atoms with E-state index in [9.17, 15) is 0 Å². The zero-order valence-corrected chi connectivity index (χ0v) is 12.1. The van der Waals surface area contributed by atoms with Crippen LogP contribution in [0.3, 0.4) is 0 Å². The average Bonchev–Trinajstić information content (AvgIpc) is 3.14. The molecule has 3 atom stereocenters. The SMILES string of the molecule is CCC(CC1CC1)N1CC(C)(CC)NCC1C. The Kier molecular flexibility index (Phi) is 4.14. The standard InChI is InChI=1S/C15H30N2/c1-5-14(9-13-7-8-13)17-11-15(4,6-2)16-10-12(17)3/h12-14,16H,5-11H2,1-4H3. The fraction of sp³-hybridized carbons (Fsp3) is 1.00. The molecule has 17 heavy (non-hydrogen) atoms. The molecule has 1 saturated carbocycles. The van der Waals surface area contributed by atoms with Gasteiger partial charge in [-0.2, -0.15) is 0 Å². The molecular weight excluding hydrogens is 208 g/mol. The highest BCUT2D eigenvalue weighted by molar-refractivity contribution is 4.96. The van der Waals surface area contributed by atoms with Gasteiger partial charge in [-0.25, -0.2) is 0 Å². The molecule has 100 valence electrons. The molecule has 1 N–H and O–H groups in total. The molecule has 3 unspecified atom stereocenters. The molecule has 0 aromatic carbocycles. The number of hydrogen-bond acceptors (Lipinski definition) is 2. The highest BCUT2D eigenvalue weighted by Gasteiger charge is 2.37. The molecule has 0 aromatic heterocycles. The van der Waals surface area contributed by atoms with Crippen molar-refractivity contribution in [1.29, 1.82) is 0 Å². The van der Waals surface area contributed by atoms with Crippen molar-refractivity contribution >= 4 is 0 Å². The Morgan fingerprint density at radius 2 is 2.06 bits per heavy atom. The van der Waals surface area contributed by atoms with Crippen LogP contribution in [0, 0.1) is 5.92 Å². The number of nitrogens with one attached hydrogen (secondary N) is 1. The summed E-state index contributed by atoms with van der Waals surface area (Å²) in [5, 5.41) is 3.73. The van der Waals surface area contributed by atoms with Crippen molar-refractivity contribution in [3.63, 3.8) is 0 Å². The monoisotopic (exact) mass is 238 g/mol. The highest BCUT2D eigenvalue weighted by atomic mass is 15.3. The van der Waals surface area contributed by atoms with Crippen LogP contribution in [0.15, 0.2) is 0 Å². The Morgan fingerprint density at radius 3 is 2.59 bits per heavy atom. The van der Waals surface area contributed by atoms with E-state index in [1.54, 1.807) is 0 Å². The first-order valence-electron chi connectivity index (χ1n) is 7.58. The van der Waals surface area contributed by atoms with Crippen molar-refractivity contribution in [3.8, 4) is 0 Å². The number of rotatable bonds is 5. The van der Waals surface area contributed by atoms with E-state index < -0.39 is 0 Å². The van der Waals surface area contributed by atoms with Crippen LogP contribution >= 0.6 is 0 Å². The first-order valence-corrected chi connectivity index (χ1v) is 7.58. The van der Waals surface area contributed by atoms with Crippen LogP contribution in [0.4, 0.5) is 0 Å². The fourth-order valence-corrected chi connectivity index (χ4v) is 3.13. The summed E-state index contributed by atoms with van der Waals surface area (Å²) in [5.74, 6) is 1.05. The topological polar surface area (TPSA) is 15.3 Å². The summed E-state index contributed by atoms with van der Waals surface area (Å²) in [6, 6.07) is 1.53. The number of nitrogens with zero attached hydrogens (tertiary/aromatic N) is 1. The maximum atomic E-state index is 3.73. The van der Waals surface area contributed by atoms with E-state index in [-0.39, 0.29) is 0 Å². The highest BCUT2D eigenvalue weighted by Crippen LogP contribution is 2.36. The van der Waals surface area contributed by atoms with Gasteiger partial charge in [0, 0.05) is 30.7 Å². The lowest BCUT2D eigenvalue weighted by Crippen LogP contribution is -2.64. The van der Waals surface area contributed by atoms with E-state index in [2.05, 4.69) is 37.9 Å². The van der Waals surface area contributed by atoms with Crippen molar-refractivity contribution < 1.29 is 0 Å². The van der Waals surface area contributed by atoms with Gasteiger partial charge in [0.15, 0.2) is 0 Å². The van der Waals surface area contributed by atoms with Gasteiger partial charge in [-0.1, -0.05) is 26.7 Å². The van der Waals surface area contributed by atoms with Crippen molar-refractivity contribution in [2.24, 2.45) is 5.92 Å². The zero-order valence-electron chi connectivity index (χ0n) is 12.1. The molecule has 2 fully saturated rings. The Balaban J connectivity index is 1.99. The van der Waals surface area contributed by atoms with Gasteiger partial charge in [-0.05, 0) is 39.0 Å². The summed E-state index contributed by atoms with van der Waals surface area (Å²) < 4.78 is 0. The quantitative estimate of drug-likeness (QED) is 0.792. The van der Waals surface area contributed by atoms with Gasteiger partial charge in [0.05, 0.1) is 0 Å². The van der Waals surface area contributed by atoms with Gasteiger partial charge >= 0.3 is 0 Å². The van der Waals surface area contributed by atoms with Gasteiger partial charge in [0.25, 0.3) is 0 Å². The lowest BCUT2D eigenvalue weighted by Gasteiger charge is -2.48. The molecule has 0 radical (unpaired) electrons. The number of piperazine rings is 1. The zero-order chi connectivity index (χ0) is 12.5. The largest absolute Gasteiger partial charge is 0.309 e. The van der Waals surface area contributed by atoms with Crippen molar-refractivity contribution in [2.75, 3.05) is 13.1 Å². The molecule has 2 nitrogen and oxygen atoms in total. The molecule has 2 aliphatic rings. The maximum absolute atomic E-state index is 3.73.